The highest BCUT2D eigenvalue weighted by molar-refractivity contribution is 5.66. The van der Waals surface area contributed by atoms with Crippen molar-refractivity contribution < 1.29 is 9.90 Å². The maximum atomic E-state index is 10.2. The molecule has 4 heteroatoms. The zero-order chi connectivity index (χ0) is 11.0. The van der Waals surface area contributed by atoms with Crippen LogP contribution in [0.1, 0.15) is 39.0 Å². The molecular weight excluding hydrogens is 180 g/mol. The van der Waals surface area contributed by atoms with Crippen LogP contribution in [-0.4, -0.2) is 30.2 Å². The largest absolute Gasteiger partial charge is 0.481 e. The second-order valence-corrected chi connectivity index (χ2v) is 3.73. The van der Waals surface area contributed by atoms with E-state index >= 15 is 0 Å². The van der Waals surface area contributed by atoms with Crippen molar-refractivity contribution in [2.75, 3.05) is 7.05 Å². The Balaban J connectivity index is 3.31. The van der Waals surface area contributed by atoms with Crippen molar-refractivity contribution in [1.82, 2.24) is 5.32 Å². The molecule has 0 saturated carbocycles. The average Bonchev–Trinajstić information content (AvgIpc) is 2.15. The number of carbonyl (C=O) groups is 1. The summed E-state index contributed by atoms with van der Waals surface area (Å²) in [6.45, 7) is 2.06. The Kier molecular flexibility index (Phi) is 7.42. The van der Waals surface area contributed by atoms with Gasteiger partial charge < -0.3 is 16.2 Å². The summed E-state index contributed by atoms with van der Waals surface area (Å²) in [6.07, 6.45) is 3.96. The molecule has 0 aromatic rings. The smallest absolute Gasteiger partial charge is 0.303 e. The molecule has 0 saturated heterocycles. The van der Waals surface area contributed by atoms with Crippen molar-refractivity contribution in [1.29, 1.82) is 0 Å². The molecule has 0 aromatic carbocycles. The predicted molar refractivity (Wildman–Crippen MR) is 57.2 cm³/mol. The van der Waals surface area contributed by atoms with Crippen molar-refractivity contribution in [2.24, 2.45) is 5.73 Å². The molecule has 0 aliphatic rings. The fourth-order valence-corrected chi connectivity index (χ4v) is 1.30. The first-order valence-corrected chi connectivity index (χ1v) is 5.22. The molecule has 84 valence electrons. The monoisotopic (exact) mass is 202 g/mol. The number of nitrogens with two attached hydrogens (primary N) is 1. The number of carboxylic acids is 1. The molecule has 0 spiro atoms. The lowest BCUT2D eigenvalue weighted by Gasteiger charge is -2.18. The molecule has 0 aromatic heterocycles. The van der Waals surface area contributed by atoms with Crippen LogP contribution in [-0.2, 0) is 4.79 Å². The fourth-order valence-electron chi connectivity index (χ4n) is 1.30. The van der Waals surface area contributed by atoms with Crippen LogP contribution in [0.15, 0.2) is 0 Å². The van der Waals surface area contributed by atoms with Crippen molar-refractivity contribution in [3.05, 3.63) is 0 Å². The van der Waals surface area contributed by atoms with E-state index in [9.17, 15) is 4.79 Å². The number of unbranched alkanes of at least 4 members (excludes halogenated alkanes) is 2. The lowest BCUT2D eigenvalue weighted by molar-refractivity contribution is -0.137. The van der Waals surface area contributed by atoms with Gasteiger partial charge in [0.1, 0.15) is 0 Å². The normalized spacial score (nSPS) is 15.1. The number of nitrogens with one attached hydrogen (secondary N) is 1. The van der Waals surface area contributed by atoms with Crippen LogP contribution in [0.3, 0.4) is 0 Å². The number of aliphatic carboxylic acids is 1. The summed E-state index contributed by atoms with van der Waals surface area (Å²) in [6, 6.07) is 0.499. The van der Waals surface area contributed by atoms with Crippen molar-refractivity contribution in [3.8, 4) is 0 Å². The molecule has 2 atom stereocenters. The number of hydrogen-bond donors (Lipinski definition) is 3. The molecule has 0 aliphatic carbocycles. The summed E-state index contributed by atoms with van der Waals surface area (Å²) < 4.78 is 0. The summed E-state index contributed by atoms with van der Waals surface area (Å²) in [7, 11) is 1.90. The van der Waals surface area contributed by atoms with Crippen molar-refractivity contribution in [2.45, 2.75) is 51.1 Å². The van der Waals surface area contributed by atoms with E-state index < -0.39 is 5.97 Å². The molecule has 4 nitrogen and oxygen atoms in total. The summed E-state index contributed by atoms with van der Waals surface area (Å²) >= 11 is 0. The zero-order valence-electron chi connectivity index (χ0n) is 9.12. The van der Waals surface area contributed by atoms with Gasteiger partial charge in [-0.2, -0.15) is 0 Å². The molecule has 0 radical (unpaired) electrons. The molecule has 0 fully saturated rings. The van der Waals surface area contributed by atoms with Crippen molar-refractivity contribution >= 4 is 5.97 Å². The number of carboxylic acid groups (broad SMARTS) is 1. The Labute approximate surface area is 85.9 Å². The van der Waals surface area contributed by atoms with Gasteiger partial charge in [-0.1, -0.05) is 12.8 Å². The lowest BCUT2D eigenvalue weighted by atomic mass is 10.0. The highest BCUT2D eigenvalue weighted by atomic mass is 16.4. The second-order valence-electron chi connectivity index (χ2n) is 3.73. The van der Waals surface area contributed by atoms with Gasteiger partial charge in [0.25, 0.3) is 0 Å². The van der Waals surface area contributed by atoms with E-state index in [-0.39, 0.29) is 12.5 Å². The van der Waals surface area contributed by atoms with Crippen LogP contribution >= 0.6 is 0 Å². The Hall–Kier alpha value is -0.610. The molecule has 0 aliphatic heterocycles. The van der Waals surface area contributed by atoms with E-state index in [1.165, 1.54) is 0 Å². The summed E-state index contributed by atoms with van der Waals surface area (Å²) in [5.41, 5.74) is 5.89. The fraction of sp³-hybridized carbons (Fsp3) is 0.900. The van der Waals surface area contributed by atoms with Gasteiger partial charge in [0.05, 0.1) is 0 Å². The third-order valence-corrected chi connectivity index (χ3v) is 2.53. The minimum Gasteiger partial charge on any atom is -0.481 e. The Bertz CT molecular complexity index is 162. The minimum atomic E-state index is -0.710. The quantitative estimate of drug-likeness (QED) is 0.512. The van der Waals surface area contributed by atoms with Gasteiger partial charge in [-0.25, -0.2) is 0 Å². The third-order valence-electron chi connectivity index (χ3n) is 2.53. The van der Waals surface area contributed by atoms with E-state index in [0.717, 1.165) is 25.7 Å². The molecule has 2 unspecified atom stereocenters. The van der Waals surface area contributed by atoms with Gasteiger partial charge in [-0.05, 0) is 26.8 Å². The summed E-state index contributed by atoms with van der Waals surface area (Å²) in [5.74, 6) is -0.710. The maximum Gasteiger partial charge on any atom is 0.303 e. The van der Waals surface area contributed by atoms with Crippen molar-refractivity contribution in [3.63, 3.8) is 0 Å². The molecule has 4 N–H and O–H groups in total. The Morgan fingerprint density at radius 3 is 2.57 bits per heavy atom. The Morgan fingerprint density at radius 2 is 2.07 bits per heavy atom. The average molecular weight is 202 g/mol. The highest BCUT2D eigenvalue weighted by Gasteiger charge is 2.09. The molecule has 0 bridgehead atoms. The lowest BCUT2D eigenvalue weighted by Crippen LogP contribution is -2.41. The summed E-state index contributed by atoms with van der Waals surface area (Å²) in [4.78, 5) is 10.2. The van der Waals surface area contributed by atoms with E-state index in [0.29, 0.717) is 6.04 Å². The van der Waals surface area contributed by atoms with Crippen LogP contribution in [0.2, 0.25) is 0 Å². The molecule has 0 rings (SSSR count). The van der Waals surface area contributed by atoms with E-state index in [1.807, 2.05) is 7.05 Å². The highest BCUT2D eigenvalue weighted by Crippen LogP contribution is 2.06. The van der Waals surface area contributed by atoms with Crippen LogP contribution in [0.25, 0.3) is 0 Å². The zero-order valence-corrected chi connectivity index (χ0v) is 9.12. The maximum absolute atomic E-state index is 10.2. The molecule has 14 heavy (non-hydrogen) atoms. The molecule has 0 amide bonds. The standard InChI is InChI=1S/C10H22N2O2/c1-8(12-2)9(11)6-4-3-5-7-10(13)14/h8-9,12H,3-7,11H2,1-2H3,(H,13,14). The Morgan fingerprint density at radius 1 is 1.43 bits per heavy atom. The van der Waals surface area contributed by atoms with Crippen LogP contribution < -0.4 is 11.1 Å². The van der Waals surface area contributed by atoms with Crippen LogP contribution in [0, 0.1) is 0 Å². The first-order valence-electron chi connectivity index (χ1n) is 5.22. The third kappa shape index (κ3) is 6.86. The van der Waals surface area contributed by atoms with Gasteiger partial charge in [0.15, 0.2) is 0 Å². The first kappa shape index (κ1) is 13.4. The molecular formula is C10H22N2O2. The first-order chi connectivity index (χ1) is 6.57. The predicted octanol–water partition coefficient (Wildman–Crippen LogP) is 0.957. The SMILES string of the molecule is CNC(C)C(N)CCCCCC(=O)O. The minimum absolute atomic E-state index is 0.171. The molecule has 0 heterocycles. The topological polar surface area (TPSA) is 75.3 Å². The van der Waals surface area contributed by atoms with E-state index in [4.69, 9.17) is 10.8 Å². The van der Waals surface area contributed by atoms with Crippen LogP contribution in [0.4, 0.5) is 0 Å². The van der Waals surface area contributed by atoms with E-state index in [1.54, 1.807) is 0 Å². The van der Waals surface area contributed by atoms with Gasteiger partial charge in [0, 0.05) is 18.5 Å². The number of hydrogen-bond acceptors (Lipinski definition) is 3. The number of likely N-dealkylation sites (N-methyl/N-ethyl adjacent to an activating group) is 1. The van der Waals surface area contributed by atoms with Gasteiger partial charge in [-0.3, -0.25) is 4.79 Å². The van der Waals surface area contributed by atoms with Gasteiger partial charge in [-0.15, -0.1) is 0 Å². The van der Waals surface area contributed by atoms with Gasteiger partial charge >= 0.3 is 5.97 Å². The van der Waals surface area contributed by atoms with E-state index in [2.05, 4.69) is 12.2 Å². The summed E-state index contributed by atoms with van der Waals surface area (Å²) in [5, 5.41) is 11.5. The second kappa shape index (κ2) is 7.76. The number of rotatable bonds is 8. The van der Waals surface area contributed by atoms with Gasteiger partial charge in [0.2, 0.25) is 0 Å². The van der Waals surface area contributed by atoms with Crippen LogP contribution in [0.5, 0.6) is 0 Å².